The van der Waals surface area contributed by atoms with Crippen LogP contribution in [0.5, 0.6) is 0 Å². The highest BCUT2D eigenvalue weighted by atomic mass is 15.0. The number of amidine groups is 1. The van der Waals surface area contributed by atoms with E-state index in [1.165, 1.54) is 6.42 Å². The fraction of sp³-hybridized carbons (Fsp3) is 0.625. The maximum absolute atomic E-state index is 5.19. The first kappa shape index (κ1) is 8.09. The molecule has 0 saturated carbocycles. The van der Waals surface area contributed by atoms with Crippen molar-refractivity contribution >= 4 is 5.84 Å². The van der Waals surface area contributed by atoms with Crippen LogP contribution >= 0.6 is 0 Å². The second kappa shape index (κ2) is 4.75. The Morgan fingerprint density at radius 2 is 2.45 bits per heavy atom. The van der Waals surface area contributed by atoms with Gasteiger partial charge in [-0.3, -0.25) is 4.99 Å². The van der Waals surface area contributed by atoms with Gasteiger partial charge < -0.3 is 11.1 Å². The maximum atomic E-state index is 5.19. The third kappa shape index (κ3) is 3.06. The van der Waals surface area contributed by atoms with E-state index in [1.807, 2.05) is 0 Å². The zero-order chi connectivity index (χ0) is 7.94. The summed E-state index contributed by atoms with van der Waals surface area (Å²) < 4.78 is 0. The lowest BCUT2D eigenvalue weighted by Gasteiger charge is -1.97. The minimum absolute atomic E-state index is 0.439. The zero-order valence-corrected chi connectivity index (χ0v) is 6.56. The highest BCUT2D eigenvalue weighted by Crippen LogP contribution is 1.99. The Hall–Kier alpha value is -1.01. The SMILES string of the molecule is NCC#CCNC1=NCCC1. The molecule has 0 spiro atoms. The normalized spacial score (nSPS) is 15.2. The average Bonchev–Trinajstić information content (AvgIpc) is 2.50. The summed E-state index contributed by atoms with van der Waals surface area (Å²) in [5, 5.41) is 3.14. The van der Waals surface area contributed by atoms with Crippen LogP contribution in [0.3, 0.4) is 0 Å². The van der Waals surface area contributed by atoms with E-state index in [4.69, 9.17) is 5.73 Å². The number of rotatable bonds is 1. The molecule has 0 fully saturated rings. The van der Waals surface area contributed by atoms with Crippen LogP contribution < -0.4 is 11.1 Å². The zero-order valence-electron chi connectivity index (χ0n) is 6.56. The molecule has 3 N–H and O–H groups in total. The molecule has 0 radical (unpaired) electrons. The summed E-state index contributed by atoms with van der Waals surface area (Å²) in [7, 11) is 0. The molecule has 0 aromatic rings. The summed E-state index contributed by atoms with van der Waals surface area (Å²) in [6.07, 6.45) is 2.25. The molecule has 0 aliphatic carbocycles. The predicted octanol–water partition coefficient (Wildman–Crippen LogP) is -0.270. The fourth-order valence-corrected chi connectivity index (χ4v) is 0.965. The minimum atomic E-state index is 0.439. The molecule has 0 aromatic carbocycles. The molecule has 0 aromatic heterocycles. The Balaban J connectivity index is 2.11. The molecule has 1 aliphatic heterocycles. The Bertz CT molecular complexity index is 197. The van der Waals surface area contributed by atoms with Crippen LogP contribution in [0.4, 0.5) is 0 Å². The molecule has 1 aliphatic rings. The number of nitrogens with zero attached hydrogens (tertiary/aromatic N) is 1. The van der Waals surface area contributed by atoms with Crippen molar-refractivity contribution in [2.75, 3.05) is 19.6 Å². The molecule has 3 nitrogen and oxygen atoms in total. The van der Waals surface area contributed by atoms with Crippen molar-refractivity contribution in [2.45, 2.75) is 12.8 Å². The molecule has 0 atom stereocenters. The minimum Gasteiger partial charge on any atom is -0.363 e. The third-order valence-corrected chi connectivity index (χ3v) is 1.48. The Kier molecular flexibility index (Phi) is 3.49. The van der Waals surface area contributed by atoms with Crippen LogP contribution in [-0.2, 0) is 0 Å². The van der Waals surface area contributed by atoms with Crippen molar-refractivity contribution in [2.24, 2.45) is 10.7 Å². The van der Waals surface area contributed by atoms with E-state index in [9.17, 15) is 0 Å². The highest BCUT2D eigenvalue weighted by molar-refractivity contribution is 5.83. The number of hydrogen-bond acceptors (Lipinski definition) is 3. The Labute approximate surface area is 67.1 Å². The maximum Gasteiger partial charge on any atom is 0.0971 e. The summed E-state index contributed by atoms with van der Waals surface area (Å²) >= 11 is 0. The second-order valence-corrected chi connectivity index (χ2v) is 2.34. The van der Waals surface area contributed by atoms with Gasteiger partial charge in [-0.15, -0.1) is 0 Å². The van der Waals surface area contributed by atoms with Gasteiger partial charge in [0.25, 0.3) is 0 Å². The van der Waals surface area contributed by atoms with E-state index < -0.39 is 0 Å². The molecule has 1 heterocycles. The Morgan fingerprint density at radius 1 is 1.55 bits per heavy atom. The van der Waals surface area contributed by atoms with Gasteiger partial charge in [0.1, 0.15) is 0 Å². The van der Waals surface area contributed by atoms with E-state index in [2.05, 4.69) is 22.2 Å². The van der Waals surface area contributed by atoms with E-state index in [0.29, 0.717) is 13.1 Å². The lowest BCUT2D eigenvalue weighted by Crippen LogP contribution is -2.21. The third-order valence-electron chi connectivity index (χ3n) is 1.48. The van der Waals surface area contributed by atoms with E-state index in [1.54, 1.807) is 0 Å². The molecule has 0 bridgehead atoms. The van der Waals surface area contributed by atoms with E-state index in [-0.39, 0.29) is 0 Å². The summed E-state index contributed by atoms with van der Waals surface area (Å²) in [5.74, 6) is 6.77. The topological polar surface area (TPSA) is 50.4 Å². The van der Waals surface area contributed by atoms with Gasteiger partial charge in [-0.05, 0) is 6.42 Å². The van der Waals surface area contributed by atoms with Crippen molar-refractivity contribution in [3.05, 3.63) is 0 Å². The van der Waals surface area contributed by atoms with Crippen molar-refractivity contribution < 1.29 is 0 Å². The van der Waals surface area contributed by atoms with Gasteiger partial charge in [0.2, 0.25) is 0 Å². The van der Waals surface area contributed by atoms with Gasteiger partial charge >= 0.3 is 0 Å². The number of nitrogens with two attached hydrogens (primary N) is 1. The van der Waals surface area contributed by atoms with Crippen LogP contribution in [0.25, 0.3) is 0 Å². The van der Waals surface area contributed by atoms with Gasteiger partial charge in [-0.25, -0.2) is 0 Å². The smallest absolute Gasteiger partial charge is 0.0971 e. The van der Waals surface area contributed by atoms with E-state index in [0.717, 1.165) is 18.8 Å². The lowest BCUT2D eigenvalue weighted by atomic mass is 10.3. The van der Waals surface area contributed by atoms with Gasteiger partial charge in [-0.1, -0.05) is 11.8 Å². The van der Waals surface area contributed by atoms with Gasteiger partial charge in [-0.2, -0.15) is 0 Å². The summed E-state index contributed by atoms with van der Waals surface area (Å²) in [6, 6.07) is 0. The number of hydrogen-bond donors (Lipinski definition) is 2. The van der Waals surface area contributed by atoms with Crippen LogP contribution in [0.1, 0.15) is 12.8 Å². The summed E-state index contributed by atoms with van der Waals surface area (Å²) in [6.45, 7) is 2.08. The number of nitrogens with one attached hydrogen (secondary N) is 1. The van der Waals surface area contributed by atoms with Crippen molar-refractivity contribution in [3.8, 4) is 11.8 Å². The van der Waals surface area contributed by atoms with Gasteiger partial charge in [0, 0.05) is 13.0 Å². The average molecular weight is 151 g/mol. The quantitative estimate of drug-likeness (QED) is 0.507. The van der Waals surface area contributed by atoms with Gasteiger partial charge in [0.05, 0.1) is 18.9 Å². The lowest BCUT2D eigenvalue weighted by molar-refractivity contribution is 0.941. The molecule has 0 saturated heterocycles. The molecule has 3 heteroatoms. The first-order chi connectivity index (χ1) is 5.43. The first-order valence-electron chi connectivity index (χ1n) is 3.86. The van der Waals surface area contributed by atoms with Crippen LogP contribution in [0.15, 0.2) is 4.99 Å². The Morgan fingerprint density at radius 3 is 3.09 bits per heavy atom. The molecule has 11 heavy (non-hydrogen) atoms. The molecular formula is C8H13N3. The van der Waals surface area contributed by atoms with E-state index >= 15 is 0 Å². The molecule has 60 valence electrons. The monoisotopic (exact) mass is 151 g/mol. The standard InChI is InChI=1S/C8H13N3/c9-5-1-2-6-10-8-4-3-7-11-8/h3-7,9H2,(H,10,11). The van der Waals surface area contributed by atoms with Crippen LogP contribution in [-0.4, -0.2) is 25.5 Å². The summed E-state index contributed by atoms with van der Waals surface area (Å²) in [5.41, 5.74) is 5.19. The largest absolute Gasteiger partial charge is 0.363 e. The summed E-state index contributed by atoms with van der Waals surface area (Å²) in [4.78, 5) is 4.24. The van der Waals surface area contributed by atoms with Crippen LogP contribution in [0.2, 0.25) is 0 Å². The van der Waals surface area contributed by atoms with Crippen molar-refractivity contribution in [1.82, 2.24) is 5.32 Å². The van der Waals surface area contributed by atoms with Gasteiger partial charge in [0.15, 0.2) is 0 Å². The molecule has 0 amide bonds. The number of aliphatic imine (C=N–C) groups is 1. The van der Waals surface area contributed by atoms with Crippen molar-refractivity contribution in [1.29, 1.82) is 0 Å². The molecular weight excluding hydrogens is 138 g/mol. The second-order valence-electron chi connectivity index (χ2n) is 2.34. The predicted molar refractivity (Wildman–Crippen MR) is 46.4 cm³/mol. The molecule has 1 rings (SSSR count). The fourth-order valence-electron chi connectivity index (χ4n) is 0.965. The molecule has 0 unspecified atom stereocenters. The van der Waals surface area contributed by atoms with Crippen LogP contribution in [0, 0.1) is 11.8 Å². The van der Waals surface area contributed by atoms with Crippen molar-refractivity contribution in [3.63, 3.8) is 0 Å². The highest BCUT2D eigenvalue weighted by Gasteiger charge is 2.02. The first-order valence-corrected chi connectivity index (χ1v) is 3.86.